The maximum absolute atomic E-state index is 13.0. The summed E-state index contributed by atoms with van der Waals surface area (Å²) in [6.45, 7) is 0.656. The Labute approximate surface area is 211 Å². The first-order chi connectivity index (χ1) is 17.8. The summed E-state index contributed by atoms with van der Waals surface area (Å²) in [6.07, 6.45) is 0.426. The Bertz CT molecular complexity index is 1270. The van der Waals surface area contributed by atoms with Gasteiger partial charge in [0.15, 0.2) is 5.78 Å². The number of hydrogen-bond acceptors (Lipinski definition) is 5. The molecule has 0 unspecified atom stereocenters. The molecule has 0 aliphatic carbocycles. The Morgan fingerprint density at radius 2 is 0.972 bits per heavy atom. The number of oxime groups is 2. The van der Waals surface area contributed by atoms with E-state index in [2.05, 4.69) is 10.3 Å². The number of hydrogen-bond donors (Lipinski definition) is 0. The van der Waals surface area contributed by atoms with Crippen molar-refractivity contribution in [2.45, 2.75) is 26.1 Å². The van der Waals surface area contributed by atoms with Crippen molar-refractivity contribution in [1.82, 2.24) is 0 Å². The first kappa shape index (κ1) is 24.6. The van der Waals surface area contributed by atoms with E-state index >= 15 is 0 Å². The second-order valence-corrected chi connectivity index (χ2v) is 8.22. The van der Waals surface area contributed by atoms with Crippen LogP contribution in [0, 0.1) is 0 Å². The standard InChI is InChI=1S/C31H28N2O3/c34-31(28-19-11-4-12-20-28)22-29(32-35-23-25-13-5-1-6-14-25)21-30(27-17-9-3-10-18-27)33-36-24-26-15-7-2-8-16-26/h1-20H,21-24H2/b32-29-,33-30+. The minimum absolute atomic E-state index is 0.0322. The van der Waals surface area contributed by atoms with Crippen molar-refractivity contribution in [3.05, 3.63) is 144 Å². The van der Waals surface area contributed by atoms with E-state index in [1.807, 2.05) is 109 Å². The quantitative estimate of drug-likeness (QED) is 0.128. The van der Waals surface area contributed by atoms with E-state index in [4.69, 9.17) is 9.68 Å². The number of rotatable bonds is 12. The lowest BCUT2D eigenvalue weighted by Crippen LogP contribution is -2.15. The molecule has 4 aromatic rings. The van der Waals surface area contributed by atoms with Crippen molar-refractivity contribution in [3.8, 4) is 0 Å². The van der Waals surface area contributed by atoms with Crippen molar-refractivity contribution in [3.63, 3.8) is 0 Å². The Morgan fingerprint density at radius 1 is 0.528 bits per heavy atom. The van der Waals surface area contributed by atoms with Gasteiger partial charge in [-0.3, -0.25) is 4.79 Å². The minimum atomic E-state index is -0.0322. The number of ketones is 1. The van der Waals surface area contributed by atoms with Crippen molar-refractivity contribution in [2.75, 3.05) is 0 Å². The third kappa shape index (κ3) is 7.77. The van der Waals surface area contributed by atoms with Crippen LogP contribution in [0.5, 0.6) is 0 Å². The van der Waals surface area contributed by atoms with Crippen LogP contribution in [0.2, 0.25) is 0 Å². The van der Waals surface area contributed by atoms with Gasteiger partial charge in [-0.15, -0.1) is 0 Å². The Kier molecular flexibility index (Phi) is 9.16. The van der Waals surface area contributed by atoms with E-state index in [1.54, 1.807) is 12.1 Å². The van der Waals surface area contributed by atoms with Crippen LogP contribution in [0.1, 0.15) is 39.9 Å². The molecule has 5 nitrogen and oxygen atoms in total. The van der Waals surface area contributed by atoms with Crippen LogP contribution in [0.3, 0.4) is 0 Å². The molecule has 0 fully saturated rings. The number of carbonyl (C=O) groups is 1. The highest BCUT2D eigenvalue weighted by Crippen LogP contribution is 2.13. The van der Waals surface area contributed by atoms with Crippen LogP contribution in [-0.2, 0) is 22.9 Å². The van der Waals surface area contributed by atoms with E-state index in [-0.39, 0.29) is 12.2 Å². The summed E-state index contributed by atoms with van der Waals surface area (Å²) in [6, 6.07) is 38.6. The first-order valence-corrected chi connectivity index (χ1v) is 11.9. The highest BCUT2D eigenvalue weighted by molar-refractivity contribution is 6.18. The Morgan fingerprint density at radius 3 is 1.50 bits per heavy atom. The molecule has 0 N–H and O–H groups in total. The predicted molar refractivity (Wildman–Crippen MR) is 143 cm³/mol. The van der Waals surface area contributed by atoms with E-state index in [0.717, 1.165) is 16.7 Å². The van der Waals surface area contributed by atoms with E-state index in [0.29, 0.717) is 36.6 Å². The highest BCUT2D eigenvalue weighted by Gasteiger charge is 2.16. The van der Waals surface area contributed by atoms with Gasteiger partial charge < -0.3 is 9.68 Å². The average Bonchev–Trinajstić information content (AvgIpc) is 2.94. The zero-order valence-corrected chi connectivity index (χ0v) is 20.0. The molecule has 0 atom stereocenters. The summed E-state index contributed by atoms with van der Waals surface area (Å²) in [5.41, 5.74) is 4.80. The Hall–Kier alpha value is -4.51. The lowest BCUT2D eigenvalue weighted by atomic mass is 9.99. The highest BCUT2D eigenvalue weighted by atomic mass is 16.6. The van der Waals surface area contributed by atoms with Crippen molar-refractivity contribution >= 4 is 17.2 Å². The molecule has 4 rings (SSSR count). The van der Waals surface area contributed by atoms with Gasteiger partial charge in [-0.25, -0.2) is 0 Å². The zero-order chi connectivity index (χ0) is 24.8. The molecule has 0 radical (unpaired) electrons. The average molecular weight is 477 g/mol. The molecule has 0 aromatic heterocycles. The maximum Gasteiger partial charge on any atom is 0.168 e. The third-order valence-electron chi connectivity index (χ3n) is 5.46. The van der Waals surface area contributed by atoms with Gasteiger partial charge in [0.25, 0.3) is 0 Å². The molecule has 4 aromatic carbocycles. The summed E-state index contributed by atoms with van der Waals surface area (Å²) in [4.78, 5) is 24.4. The van der Waals surface area contributed by atoms with Crippen molar-refractivity contribution < 1.29 is 14.5 Å². The fourth-order valence-corrected chi connectivity index (χ4v) is 3.58. The van der Waals surface area contributed by atoms with Gasteiger partial charge in [0.1, 0.15) is 13.2 Å². The second-order valence-electron chi connectivity index (χ2n) is 8.22. The van der Waals surface area contributed by atoms with Crippen LogP contribution in [-0.4, -0.2) is 17.2 Å². The van der Waals surface area contributed by atoms with Gasteiger partial charge in [0.05, 0.1) is 17.8 Å². The molecule has 0 saturated heterocycles. The Balaban J connectivity index is 1.54. The van der Waals surface area contributed by atoms with Crippen LogP contribution in [0.4, 0.5) is 0 Å². The summed E-state index contributed by atoms with van der Waals surface area (Å²) in [5.74, 6) is -0.0322. The molecule has 180 valence electrons. The van der Waals surface area contributed by atoms with Crippen LogP contribution in [0.15, 0.2) is 132 Å². The van der Waals surface area contributed by atoms with Gasteiger partial charge in [0, 0.05) is 12.0 Å². The van der Waals surface area contributed by atoms with Crippen LogP contribution >= 0.6 is 0 Å². The van der Waals surface area contributed by atoms with Crippen molar-refractivity contribution in [2.24, 2.45) is 10.3 Å². The number of Topliss-reactive ketones (excluding diaryl/α,β-unsaturated/α-hetero) is 1. The molecule has 0 bridgehead atoms. The van der Waals surface area contributed by atoms with Gasteiger partial charge in [-0.05, 0) is 16.7 Å². The van der Waals surface area contributed by atoms with E-state index in [1.165, 1.54) is 0 Å². The summed E-state index contributed by atoms with van der Waals surface area (Å²) >= 11 is 0. The largest absolute Gasteiger partial charge is 0.391 e. The fourth-order valence-electron chi connectivity index (χ4n) is 3.58. The summed E-state index contributed by atoms with van der Waals surface area (Å²) in [7, 11) is 0. The molecule has 0 saturated carbocycles. The predicted octanol–water partition coefficient (Wildman–Crippen LogP) is 6.84. The first-order valence-electron chi connectivity index (χ1n) is 11.9. The van der Waals surface area contributed by atoms with E-state index in [9.17, 15) is 4.79 Å². The summed E-state index contributed by atoms with van der Waals surface area (Å²) < 4.78 is 0. The van der Waals surface area contributed by atoms with Crippen LogP contribution in [0.25, 0.3) is 0 Å². The SMILES string of the molecule is O=C(C/C(C/C(=N\OCc1ccccc1)c1ccccc1)=N\OCc1ccccc1)c1ccccc1. The van der Waals surface area contributed by atoms with Gasteiger partial charge in [0.2, 0.25) is 0 Å². The molecular formula is C31H28N2O3. The second kappa shape index (κ2) is 13.4. The van der Waals surface area contributed by atoms with Gasteiger partial charge in [-0.1, -0.05) is 132 Å². The zero-order valence-electron chi connectivity index (χ0n) is 20.0. The monoisotopic (exact) mass is 476 g/mol. The third-order valence-corrected chi connectivity index (χ3v) is 5.46. The molecular weight excluding hydrogens is 448 g/mol. The molecule has 0 heterocycles. The normalized spacial score (nSPS) is 11.7. The number of carbonyl (C=O) groups excluding carboxylic acids is 1. The van der Waals surface area contributed by atoms with Crippen LogP contribution < -0.4 is 0 Å². The number of nitrogens with zero attached hydrogens (tertiary/aromatic N) is 2. The minimum Gasteiger partial charge on any atom is -0.391 e. The smallest absolute Gasteiger partial charge is 0.168 e. The fraction of sp³-hybridized carbons (Fsp3) is 0.129. The summed E-state index contributed by atoms with van der Waals surface area (Å²) in [5, 5.41) is 8.82. The molecule has 0 spiro atoms. The van der Waals surface area contributed by atoms with Crippen molar-refractivity contribution in [1.29, 1.82) is 0 Å². The molecule has 36 heavy (non-hydrogen) atoms. The molecule has 0 aliphatic heterocycles. The topological polar surface area (TPSA) is 60.2 Å². The molecule has 0 amide bonds. The van der Waals surface area contributed by atoms with Gasteiger partial charge in [-0.2, -0.15) is 0 Å². The maximum atomic E-state index is 13.0. The van der Waals surface area contributed by atoms with E-state index < -0.39 is 0 Å². The lowest BCUT2D eigenvalue weighted by Gasteiger charge is -2.10. The number of benzene rings is 4. The molecule has 5 heteroatoms. The van der Waals surface area contributed by atoms with Gasteiger partial charge >= 0.3 is 0 Å². The molecule has 0 aliphatic rings. The lowest BCUT2D eigenvalue weighted by molar-refractivity contribution is 0.0993.